The van der Waals surface area contributed by atoms with Gasteiger partial charge in [0, 0.05) is 47.8 Å². The Morgan fingerprint density at radius 2 is 2.43 bits per heavy atom. The van der Waals surface area contributed by atoms with Crippen LogP contribution in [0.25, 0.3) is 0 Å². The first-order valence-electron chi connectivity index (χ1n) is 4.62. The SMILES string of the molecule is CC(CNCc1cccnc1)S(C)=O. The molecule has 0 amide bonds. The molecule has 0 saturated heterocycles. The van der Waals surface area contributed by atoms with Gasteiger partial charge in [0.15, 0.2) is 0 Å². The average molecular weight is 212 g/mol. The Bertz CT molecular complexity index is 289. The molecule has 78 valence electrons. The van der Waals surface area contributed by atoms with Crippen molar-refractivity contribution in [3.8, 4) is 0 Å². The van der Waals surface area contributed by atoms with Crippen molar-refractivity contribution < 1.29 is 4.21 Å². The van der Waals surface area contributed by atoms with Crippen LogP contribution < -0.4 is 5.32 Å². The standard InChI is InChI=1S/C10H16N2OS/c1-9(14(2)13)6-12-8-10-4-3-5-11-7-10/h3-5,7,9,12H,6,8H2,1-2H3. The molecular formula is C10H16N2OS. The zero-order valence-electron chi connectivity index (χ0n) is 8.56. The highest BCUT2D eigenvalue weighted by Gasteiger charge is 2.04. The number of aromatic nitrogens is 1. The molecule has 1 heterocycles. The Labute approximate surface area is 87.4 Å². The first-order valence-corrected chi connectivity index (χ1v) is 6.24. The van der Waals surface area contributed by atoms with E-state index in [0.29, 0.717) is 0 Å². The fourth-order valence-corrected chi connectivity index (χ4v) is 1.39. The topological polar surface area (TPSA) is 42.0 Å². The van der Waals surface area contributed by atoms with Crippen molar-refractivity contribution in [3.05, 3.63) is 30.1 Å². The van der Waals surface area contributed by atoms with Crippen molar-refractivity contribution in [2.24, 2.45) is 0 Å². The van der Waals surface area contributed by atoms with E-state index in [-0.39, 0.29) is 5.25 Å². The lowest BCUT2D eigenvalue weighted by Gasteiger charge is -2.09. The molecule has 2 atom stereocenters. The second kappa shape index (κ2) is 5.88. The van der Waals surface area contributed by atoms with Crippen molar-refractivity contribution in [2.45, 2.75) is 18.7 Å². The van der Waals surface area contributed by atoms with Crippen LogP contribution >= 0.6 is 0 Å². The molecule has 0 aromatic carbocycles. The number of hydrogen-bond acceptors (Lipinski definition) is 3. The van der Waals surface area contributed by atoms with E-state index in [1.54, 1.807) is 12.5 Å². The van der Waals surface area contributed by atoms with Crippen LogP contribution in [-0.2, 0) is 17.3 Å². The lowest BCUT2D eigenvalue weighted by molar-refractivity contribution is 0.646. The van der Waals surface area contributed by atoms with Gasteiger partial charge < -0.3 is 5.32 Å². The quantitative estimate of drug-likeness (QED) is 0.790. The molecule has 1 aromatic rings. The second-order valence-corrected chi connectivity index (χ2v) is 5.10. The van der Waals surface area contributed by atoms with Gasteiger partial charge in [0.1, 0.15) is 0 Å². The van der Waals surface area contributed by atoms with E-state index in [4.69, 9.17) is 0 Å². The first-order chi connectivity index (χ1) is 6.70. The summed E-state index contributed by atoms with van der Waals surface area (Å²) in [6.45, 7) is 3.54. The minimum absolute atomic E-state index is 0.201. The Kier molecular flexibility index (Phi) is 4.76. The van der Waals surface area contributed by atoms with Gasteiger partial charge in [-0.2, -0.15) is 0 Å². The lowest BCUT2D eigenvalue weighted by atomic mass is 10.3. The Morgan fingerprint density at radius 3 is 3.00 bits per heavy atom. The molecule has 0 saturated carbocycles. The van der Waals surface area contributed by atoms with Gasteiger partial charge >= 0.3 is 0 Å². The van der Waals surface area contributed by atoms with Gasteiger partial charge in [-0.25, -0.2) is 0 Å². The Balaban J connectivity index is 2.26. The van der Waals surface area contributed by atoms with Gasteiger partial charge in [-0.1, -0.05) is 6.07 Å². The largest absolute Gasteiger partial charge is 0.311 e. The molecule has 0 radical (unpaired) electrons. The third-order valence-electron chi connectivity index (χ3n) is 2.05. The summed E-state index contributed by atoms with van der Waals surface area (Å²) in [6, 6.07) is 3.94. The molecule has 1 N–H and O–H groups in total. The van der Waals surface area contributed by atoms with Gasteiger partial charge in [-0.05, 0) is 18.6 Å². The second-order valence-electron chi connectivity index (χ2n) is 3.30. The van der Waals surface area contributed by atoms with Crippen molar-refractivity contribution >= 4 is 10.8 Å². The molecule has 0 aliphatic heterocycles. The third-order valence-corrected chi connectivity index (χ3v) is 3.35. The van der Waals surface area contributed by atoms with Crippen molar-refractivity contribution in [3.63, 3.8) is 0 Å². The highest BCUT2D eigenvalue weighted by Crippen LogP contribution is 1.95. The number of nitrogens with zero attached hydrogens (tertiary/aromatic N) is 1. The lowest BCUT2D eigenvalue weighted by Crippen LogP contribution is -2.27. The smallest absolute Gasteiger partial charge is 0.0441 e. The molecule has 0 fully saturated rings. The van der Waals surface area contributed by atoms with Crippen molar-refractivity contribution in [1.82, 2.24) is 10.3 Å². The minimum atomic E-state index is -0.746. The van der Waals surface area contributed by atoms with Crippen LogP contribution in [0.1, 0.15) is 12.5 Å². The summed E-state index contributed by atoms with van der Waals surface area (Å²) >= 11 is 0. The van der Waals surface area contributed by atoms with Crippen molar-refractivity contribution in [1.29, 1.82) is 0 Å². The Hall–Kier alpha value is -0.740. The van der Waals surface area contributed by atoms with Crippen molar-refractivity contribution in [2.75, 3.05) is 12.8 Å². The van der Waals surface area contributed by atoms with Gasteiger partial charge in [0.25, 0.3) is 0 Å². The highest BCUT2D eigenvalue weighted by molar-refractivity contribution is 7.84. The van der Waals surface area contributed by atoms with Gasteiger partial charge in [0.05, 0.1) is 0 Å². The molecule has 0 aliphatic rings. The van der Waals surface area contributed by atoms with Gasteiger partial charge in [0.2, 0.25) is 0 Å². The fourth-order valence-electron chi connectivity index (χ4n) is 1.04. The van der Waals surface area contributed by atoms with Crippen LogP contribution in [0.5, 0.6) is 0 Å². The van der Waals surface area contributed by atoms with E-state index in [9.17, 15) is 4.21 Å². The predicted molar refractivity (Wildman–Crippen MR) is 59.5 cm³/mol. The molecule has 1 rings (SSSR count). The van der Waals surface area contributed by atoms with Crippen LogP contribution in [0.3, 0.4) is 0 Å². The normalized spacial score (nSPS) is 15.0. The van der Waals surface area contributed by atoms with Gasteiger partial charge in [-0.3, -0.25) is 9.19 Å². The summed E-state index contributed by atoms with van der Waals surface area (Å²) in [7, 11) is -0.746. The zero-order valence-corrected chi connectivity index (χ0v) is 9.38. The van der Waals surface area contributed by atoms with E-state index in [0.717, 1.165) is 18.7 Å². The fraction of sp³-hybridized carbons (Fsp3) is 0.500. The summed E-state index contributed by atoms with van der Waals surface area (Å²) in [6.07, 6.45) is 5.32. The minimum Gasteiger partial charge on any atom is -0.311 e. The predicted octanol–water partition coefficient (Wildman–Crippen LogP) is 0.938. The average Bonchev–Trinajstić information content (AvgIpc) is 2.19. The summed E-state index contributed by atoms with van der Waals surface area (Å²) in [5, 5.41) is 3.45. The summed E-state index contributed by atoms with van der Waals surface area (Å²) in [4.78, 5) is 4.02. The molecule has 0 bridgehead atoms. The molecular weight excluding hydrogens is 196 g/mol. The van der Waals surface area contributed by atoms with Gasteiger partial charge in [-0.15, -0.1) is 0 Å². The maximum atomic E-state index is 11.0. The number of nitrogens with one attached hydrogen (secondary N) is 1. The Morgan fingerprint density at radius 1 is 1.64 bits per heavy atom. The van der Waals surface area contributed by atoms with Crippen LogP contribution in [0, 0.1) is 0 Å². The molecule has 0 spiro atoms. The summed E-state index contributed by atoms with van der Waals surface area (Å²) in [5.41, 5.74) is 1.15. The maximum Gasteiger partial charge on any atom is 0.0441 e. The number of hydrogen-bond donors (Lipinski definition) is 1. The number of pyridine rings is 1. The van der Waals surface area contributed by atoms with E-state index >= 15 is 0 Å². The van der Waals surface area contributed by atoms with Crippen LogP contribution in [0.15, 0.2) is 24.5 Å². The summed E-state index contributed by atoms with van der Waals surface area (Å²) < 4.78 is 11.0. The van der Waals surface area contributed by atoms with E-state index in [1.165, 1.54) is 0 Å². The van der Waals surface area contributed by atoms with E-state index in [2.05, 4.69) is 10.3 Å². The van der Waals surface area contributed by atoms with Crippen LogP contribution in [0.4, 0.5) is 0 Å². The molecule has 0 aliphatic carbocycles. The molecule has 2 unspecified atom stereocenters. The molecule has 1 aromatic heterocycles. The monoisotopic (exact) mass is 212 g/mol. The third kappa shape index (κ3) is 3.98. The maximum absolute atomic E-state index is 11.0. The highest BCUT2D eigenvalue weighted by atomic mass is 32.2. The first kappa shape index (κ1) is 11.3. The molecule has 3 nitrogen and oxygen atoms in total. The summed E-state index contributed by atoms with van der Waals surface area (Å²) in [5.74, 6) is 0. The van der Waals surface area contributed by atoms with Crippen LogP contribution in [-0.4, -0.2) is 27.2 Å². The van der Waals surface area contributed by atoms with E-state index in [1.807, 2.05) is 25.3 Å². The van der Waals surface area contributed by atoms with E-state index < -0.39 is 10.8 Å². The molecule has 14 heavy (non-hydrogen) atoms. The van der Waals surface area contributed by atoms with Crippen LogP contribution in [0.2, 0.25) is 0 Å². The molecule has 4 heteroatoms. The number of rotatable bonds is 5. The zero-order chi connectivity index (χ0) is 10.4.